The van der Waals surface area contributed by atoms with E-state index in [1.807, 2.05) is 25.1 Å². The number of halogens is 1. The van der Waals surface area contributed by atoms with Crippen molar-refractivity contribution in [2.45, 2.75) is 38.6 Å². The van der Waals surface area contributed by atoms with Gasteiger partial charge in [-0.25, -0.2) is 0 Å². The molecule has 1 atom stereocenters. The van der Waals surface area contributed by atoms with Gasteiger partial charge in [0.2, 0.25) is 5.91 Å². The van der Waals surface area contributed by atoms with Crippen LogP contribution in [0.5, 0.6) is 11.5 Å². The summed E-state index contributed by atoms with van der Waals surface area (Å²) in [6, 6.07) is 5.87. The number of benzene rings is 1. The quantitative estimate of drug-likeness (QED) is 0.838. The Kier molecular flexibility index (Phi) is 6.97. The Bertz CT molecular complexity index is 506. The Labute approximate surface area is 138 Å². The van der Waals surface area contributed by atoms with E-state index in [-0.39, 0.29) is 18.3 Å². The van der Waals surface area contributed by atoms with E-state index in [2.05, 4.69) is 5.32 Å². The van der Waals surface area contributed by atoms with Crippen molar-refractivity contribution >= 4 is 18.3 Å². The summed E-state index contributed by atoms with van der Waals surface area (Å²) in [6.07, 6.45) is 2.32. The maximum atomic E-state index is 12.0. The van der Waals surface area contributed by atoms with Gasteiger partial charge in [0.05, 0.1) is 5.54 Å². The molecule has 22 heavy (non-hydrogen) atoms. The number of rotatable bonds is 6. The normalized spacial score (nSPS) is 15.4. The third kappa shape index (κ3) is 4.78. The molecule has 0 aromatic heterocycles. The lowest BCUT2D eigenvalue weighted by Crippen LogP contribution is -2.51. The monoisotopic (exact) mass is 328 g/mol. The zero-order chi connectivity index (χ0) is 15.3. The van der Waals surface area contributed by atoms with Crippen LogP contribution in [0.15, 0.2) is 18.2 Å². The van der Waals surface area contributed by atoms with Crippen molar-refractivity contribution in [2.75, 3.05) is 19.8 Å². The van der Waals surface area contributed by atoms with E-state index in [0.717, 1.165) is 29.9 Å². The first-order valence-corrected chi connectivity index (χ1v) is 7.48. The lowest BCUT2D eigenvalue weighted by molar-refractivity contribution is -0.126. The van der Waals surface area contributed by atoms with E-state index < -0.39 is 5.54 Å². The van der Waals surface area contributed by atoms with Crippen LogP contribution in [-0.4, -0.2) is 31.2 Å². The van der Waals surface area contributed by atoms with E-state index >= 15 is 0 Å². The number of hydrogen-bond acceptors (Lipinski definition) is 4. The van der Waals surface area contributed by atoms with Crippen LogP contribution in [0.2, 0.25) is 0 Å². The van der Waals surface area contributed by atoms with Gasteiger partial charge in [0.1, 0.15) is 13.2 Å². The molecule has 124 valence electrons. The average Bonchev–Trinajstić information content (AvgIpc) is 2.47. The van der Waals surface area contributed by atoms with Gasteiger partial charge in [-0.2, -0.15) is 0 Å². The molecule has 0 aliphatic carbocycles. The first-order chi connectivity index (χ1) is 10.0. The zero-order valence-electron chi connectivity index (χ0n) is 13.2. The number of nitrogens with two attached hydrogens (primary N) is 1. The molecular formula is C16H25ClN2O3. The van der Waals surface area contributed by atoms with E-state index in [1.165, 1.54) is 0 Å². The maximum absolute atomic E-state index is 12.0. The third-order valence-corrected chi connectivity index (χ3v) is 3.59. The molecule has 1 heterocycles. The number of nitrogens with one attached hydrogen (secondary N) is 1. The van der Waals surface area contributed by atoms with Crippen molar-refractivity contribution in [3.05, 3.63) is 23.8 Å². The van der Waals surface area contributed by atoms with Crippen molar-refractivity contribution < 1.29 is 14.3 Å². The Morgan fingerprint density at radius 2 is 2.00 bits per heavy atom. The SMILES string of the molecule is CCCC(C)(N)C(=O)NCCc1ccc2c(c1)OCCO2.Cl. The zero-order valence-corrected chi connectivity index (χ0v) is 14.0. The second kappa shape index (κ2) is 8.25. The van der Waals surface area contributed by atoms with Gasteiger partial charge in [0.15, 0.2) is 11.5 Å². The lowest BCUT2D eigenvalue weighted by Gasteiger charge is -2.23. The Hall–Kier alpha value is -1.46. The van der Waals surface area contributed by atoms with E-state index in [9.17, 15) is 4.79 Å². The van der Waals surface area contributed by atoms with E-state index in [0.29, 0.717) is 26.2 Å². The molecular weight excluding hydrogens is 304 g/mol. The van der Waals surface area contributed by atoms with Gasteiger partial charge in [0.25, 0.3) is 0 Å². The standard InChI is InChI=1S/C16H24N2O3.ClH/c1-3-7-16(2,17)15(19)18-8-6-12-4-5-13-14(11-12)21-10-9-20-13;/h4-5,11H,3,6-10,17H2,1-2H3,(H,18,19);1H. The predicted molar refractivity (Wildman–Crippen MR) is 88.9 cm³/mol. The third-order valence-electron chi connectivity index (χ3n) is 3.59. The topological polar surface area (TPSA) is 73.6 Å². The van der Waals surface area contributed by atoms with Gasteiger partial charge in [-0.1, -0.05) is 19.4 Å². The molecule has 5 nitrogen and oxygen atoms in total. The number of carbonyl (C=O) groups is 1. The van der Waals surface area contributed by atoms with Crippen LogP contribution in [0.4, 0.5) is 0 Å². The van der Waals surface area contributed by atoms with Gasteiger partial charge < -0.3 is 20.5 Å². The molecule has 1 unspecified atom stereocenters. The Morgan fingerprint density at radius 1 is 1.32 bits per heavy atom. The molecule has 1 aromatic carbocycles. The van der Waals surface area contributed by atoms with Crippen LogP contribution in [-0.2, 0) is 11.2 Å². The average molecular weight is 329 g/mol. The van der Waals surface area contributed by atoms with Crippen LogP contribution in [0, 0.1) is 0 Å². The molecule has 1 aliphatic heterocycles. The molecule has 1 amide bonds. The van der Waals surface area contributed by atoms with Crippen molar-refractivity contribution in [1.82, 2.24) is 5.32 Å². The number of amides is 1. The van der Waals surface area contributed by atoms with Crippen LogP contribution >= 0.6 is 12.4 Å². The highest BCUT2D eigenvalue weighted by molar-refractivity contribution is 5.85. The summed E-state index contributed by atoms with van der Waals surface area (Å²) in [5, 5.41) is 2.90. The first-order valence-electron chi connectivity index (χ1n) is 7.48. The number of hydrogen-bond donors (Lipinski definition) is 2. The summed E-state index contributed by atoms with van der Waals surface area (Å²) < 4.78 is 11.0. The van der Waals surface area contributed by atoms with Crippen LogP contribution in [0.3, 0.4) is 0 Å². The van der Waals surface area contributed by atoms with Gasteiger partial charge >= 0.3 is 0 Å². The van der Waals surface area contributed by atoms with E-state index in [1.54, 1.807) is 6.92 Å². The highest BCUT2D eigenvalue weighted by atomic mass is 35.5. The molecule has 3 N–H and O–H groups in total. The minimum atomic E-state index is -0.790. The highest BCUT2D eigenvalue weighted by Crippen LogP contribution is 2.30. The number of ether oxygens (including phenoxy) is 2. The molecule has 1 aliphatic rings. The summed E-state index contributed by atoms with van der Waals surface area (Å²) >= 11 is 0. The van der Waals surface area contributed by atoms with Gasteiger partial charge in [-0.15, -0.1) is 12.4 Å². The van der Waals surface area contributed by atoms with Crippen LogP contribution < -0.4 is 20.5 Å². The minimum Gasteiger partial charge on any atom is -0.486 e. The molecule has 0 saturated heterocycles. The first kappa shape index (κ1) is 18.6. The van der Waals surface area contributed by atoms with Crippen LogP contribution in [0.1, 0.15) is 32.3 Å². The summed E-state index contributed by atoms with van der Waals surface area (Å²) in [6.45, 7) is 5.53. The molecule has 0 saturated carbocycles. The number of carbonyl (C=O) groups excluding carboxylic acids is 1. The van der Waals surface area contributed by atoms with Crippen molar-refractivity contribution in [3.8, 4) is 11.5 Å². The molecule has 1 aromatic rings. The Balaban J connectivity index is 0.00000242. The second-order valence-corrected chi connectivity index (χ2v) is 5.65. The second-order valence-electron chi connectivity index (χ2n) is 5.65. The number of fused-ring (bicyclic) bond motifs is 1. The van der Waals surface area contributed by atoms with Gasteiger partial charge in [-0.3, -0.25) is 4.79 Å². The minimum absolute atomic E-state index is 0. The molecule has 0 bridgehead atoms. The summed E-state index contributed by atoms with van der Waals surface area (Å²) in [5.74, 6) is 1.47. The molecule has 6 heteroatoms. The summed E-state index contributed by atoms with van der Waals surface area (Å²) in [5.41, 5.74) is 6.31. The fourth-order valence-corrected chi connectivity index (χ4v) is 2.40. The molecule has 0 radical (unpaired) electrons. The van der Waals surface area contributed by atoms with Crippen LogP contribution in [0.25, 0.3) is 0 Å². The molecule has 2 rings (SSSR count). The largest absolute Gasteiger partial charge is 0.486 e. The van der Waals surface area contributed by atoms with Crippen molar-refractivity contribution in [2.24, 2.45) is 5.73 Å². The fourth-order valence-electron chi connectivity index (χ4n) is 2.40. The van der Waals surface area contributed by atoms with Gasteiger partial charge in [0, 0.05) is 6.54 Å². The lowest BCUT2D eigenvalue weighted by atomic mass is 9.96. The van der Waals surface area contributed by atoms with Crippen molar-refractivity contribution in [1.29, 1.82) is 0 Å². The predicted octanol–water partition coefficient (Wildman–Crippen LogP) is 2.06. The fraction of sp³-hybridized carbons (Fsp3) is 0.562. The van der Waals surface area contributed by atoms with Crippen molar-refractivity contribution in [3.63, 3.8) is 0 Å². The van der Waals surface area contributed by atoms with E-state index in [4.69, 9.17) is 15.2 Å². The molecule has 0 spiro atoms. The maximum Gasteiger partial charge on any atom is 0.239 e. The smallest absolute Gasteiger partial charge is 0.239 e. The molecule has 0 fully saturated rings. The Morgan fingerprint density at radius 3 is 2.68 bits per heavy atom. The van der Waals surface area contributed by atoms with Gasteiger partial charge in [-0.05, 0) is 37.5 Å². The summed E-state index contributed by atoms with van der Waals surface area (Å²) in [7, 11) is 0. The highest BCUT2D eigenvalue weighted by Gasteiger charge is 2.26. The summed E-state index contributed by atoms with van der Waals surface area (Å²) in [4.78, 5) is 12.0.